The second-order valence-electron chi connectivity index (χ2n) is 8.93. The number of nitrogens with two attached hydrogens (primary N) is 1. The van der Waals surface area contributed by atoms with Crippen molar-refractivity contribution in [3.05, 3.63) is 89.0 Å². The van der Waals surface area contributed by atoms with Crippen molar-refractivity contribution >= 4 is 39.4 Å². The van der Waals surface area contributed by atoms with Gasteiger partial charge >= 0.3 is 16.1 Å². The molecule has 0 unspecified atom stereocenters. The second-order valence-corrected chi connectivity index (χ2v) is 10.5. The lowest BCUT2D eigenvalue weighted by molar-refractivity contribution is 0.0748. The van der Waals surface area contributed by atoms with Crippen LogP contribution in [0.15, 0.2) is 66.7 Å². The molecular weight excluding hydrogens is 508 g/mol. The summed E-state index contributed by atoms with van der Waals surface area (Å²) in [5.41, 5.74) is 7.06. The van der Waals surface area contributed by atoms with Gasteiger partial charge in [-0.05, 0) is 59.5 Å². The first kappa shape index (κ1) is 28.1. The lowest BCUT2D eigenvalue weighted by Crippen LogP contribution is -2.27. The van der Waals surface area contributed by atoms with Crippen LogP contribution in [-0.2, 0) is 14.3 Å². The molecule has 0 spiro atoms. The molecule has 0 aliphatic heterocycles. The zero-order valence-electron chi connectivity index (χ0n) is 21.1. The molecule has 3 aromatic rings. The van der Waals surface area contributed by atoms with Gasteiger partial charge in [-0.3, -0.25) is 15.0 Å². The zero-order valence-corrected chi connectivity index (χ0v) is 21.9. The summed E-state index contributed by atoms with van der Waals surface area (Å²) < 4.78 is 28.0. The van der Waals surface area contributed by atoms with Crippen molar-refractivity contribution in [3.8, 4) is 11.1 Å². The van der Waals surface area contributed by atoms with Crippen LogP contribution < -0.4 is 16.4 Å². The predicted molar refractivity (Wildman–Crippen MR) is 145 cm³/mol. The normalized spacial score (nSPS) is 11.1. The number of rotatable bonds is 9. The summed E-state index contributed by atoms with van der Waals surface area (Å²) in [6.45, 7) is 4.26. The van der Waals surface area contributed by atoms with E-state index in [4.69, 9.17) is 11.1 Å². The van der Waals surface area contributed by atoms with E-state index in [1.54, 1.807) is 48.5 Å². The molecule has 10 nitrogen and oxygen atoms in total. The molecule has 3 rings (SSSR count). The zero-order chi connectivity index (χ0) is 28.0. The molecule has 38 heavy (non-hydrogen) atoms. The lowest BCUT2D eigenvalue weighted by atomic mass is 9.93. The van der Waals surface area contributed by atoms with Crippen LogP contribution in [0.25, 0.3) is 11.1 Å². The van der Waals surface area contributed by atoms with Crippen LogP contribution in [0, 0.1) is 11.3 Å². The largest absolute Gasteiger partial charge is 0.384 e. The first-order valence-electron chi connectivity index (χ1n) is 11.6. The first-order valence-corrected chi connectivity index (χ1v) is 13.4. The third-order valence-electron chi connectivity index (χ3n) is 5.32. The van der Waals surface area contributed by atoms with Crippen molar-refractivity contribution in [2.45, 2.75) is 13.8 Å². The van der Waals surface area contributed by atoms with E-state index in [1.807, 2.05) is 13.8 Å². The topological polar surface area (TPSA) is 169 Å². The minimum absolute atomic E-state index is 0.108. The molecular formula is C27H28N4O6S. The number of anilines is 1. The molecule has 5 N–H and O–H groups in total. The number of carbonyl (C=O) groups excluding carboxylic acids is 3. The number of amides is 2. The van der Waals surface area contributed by atoms with Gasteiger partial charge in [-0.1, -0.05) is 38.1 Å². The highest BCUT2D eigenvalue weighted by atomic mass is 32.2. The van der Waals surface area contributed by atoms with Crippen molar-refractivity contribution < 1.29 is 27.0 Å². The van der Waals surface area contributed by atoms with Crippen LogP contribution in [0.1, 0.15) is 50.5 Å². The first-order chi connectivity index (χ1) is 17.9. The Hall–Kier alpha value is -4.51. The molecule has 0 bridgehead atoms. The quantitative estimate of drug-likeness (QED) is 0.185. The van der Waals surface area contributed by atoms with Crippen molar-refractivity contribution in [1.82, 2.24) is 5.32 Å². The monoisotopic (exact) mass is 536 g/mol. The molecule has 2 amide bonds. The summed E-state index contributed by atoms with van der Waals surface area (Å²) in [6.07, 6.45) is 0.739. The maximum Gasteiger partial charge on any atom is 0.354 e. The van der Waals surface area contributed by atoms with E-state index in [-0.39, 0.29) is 34.0 Å². The van der Waals surface area contributed by atoms with E-state index in [9.17, 15) is 22.8 Å². The highest BCUT2D eigenvalue weighted by Crippen LogP contribution is 2.30. The smallest absolute Gasteiger partial charge is 0.354 e. The van der Waals surface area contributed by atoms with Crippen LogP contribution >= 0.6 is 0 Å². The Morgan fingerprint density at radius 3 is 2.11 bits per heavy atom. The molecule has 0 saturated carbocycles. The Kier molecular flexibility index (Phi) is 8.64. The Morgan fingerprint density at radius 2 is 1.50 bits per heavy atom. The van der Waals surface area contributed by atoms with Gasteiger partial charge in [0.2, 0.25) is 0 Å². The Morgan fingerprint density at radius 1 is 0.895 bits per heavy atom. The summed E-state index contributed by atoms with van der Waals surface area (Å²) in [5, 5.41) is 13.0. The SMILES string of the molecule is CC(C)CNC(=O)c1ccc(-c2ccccc2C(=O)Nc2ccc(C(=N)N)cc2)c(C(=O)OS(C)(=O)=O)c1. The third-order valence-corrected chi connectivity index (χ3v) is 5.77. The van der Waals surface area contributed by atoms with Crippen LogP contribution in [0.4, 0.5) is 5.69 Å². The van der Waals surface area contributed by atoms with E-state index in [2.05, 4.69) is 14.8 Å². The highest BCUT2D eigenvalue weighted by Gasteiger charge is 2.23. The summed E-state index contributed by atoms with van der Waals surface area (Å²) in [6, 6.07) is 17.0. The van der Waals surface area contributed by atoms with Crippen molar-refractivity contribution in [3.63, 3.8) is 0 Å². The van der Waals surface area contributed by atoms with Gasteiger partial charge in [0, 0.05) is 28.9 Å². The number of nitrogen functional groups attached to an aromatic ring is 1. The summed E-state index contributed by atoms with van der Waals surface area (Å²) in [7, 11) is -4.16. The van der Waals surface area contributed by atoms with E-state index >= 15 is 0 Å². The molecule has 0 aromatic heterocycles. The minimum atomic E-state index is -4.16. The van der Waals surface area contributed by atoms with Crippen molar-refractivity contribution in [2.75, 3.05) is 18.1 Å². The van der Waals surface area contributed by atoms with Gasteiger partial charge in [0.05, 0.1) is 11.8 Å². The van der Waals surface area contributed by atoms with Gasteiger partial charge in [-0.25, -0.2) is 4.79 Å². The minimum Gasteiger partial charge on any atom is -0.384 e. The Bertz CT molecular complexity index is 1500. The average Bonchev–Trinajstić information content (AvgIpc) is 2.86. The van der Waals surface area contributed by atoms with Gasteiger partial charge in [0.15, 0.2) is 0 Å². The van der Waals surface area contributed by atoms with E-state index in [0.29, 0.717) is 23.4 Å². The molecule has 0 fully saturated rings. The summed E-state index contributed by atoms with van der Waals surface area (Å²) in [4.78, 5) is 38.7. The third kappa shape index (κ3) is 7.26. The van der Waals surface area contributed by atoms with Crippen molar-refractivity contribution in [2.24, 2.45) is 11.7 Å². The summed E-state index contributed by atoms with van der Waals surface area (Å²) >= 11 is 0. The fraction of sp³-hybridized carbons (Fsp3) is 0.185. The number of benzene rings is 3. The van der Waals surface area contributed by atoms with E-state index in [0.717, 1.165) is 6.26 Å². The lowest BCUT2D eigenvalue weighted by Gasteiger charge is -2.15. The van der Waals surface area contributed by atoms with Crippen LogP contribution in [-0.4, -0.2) is 44.8 Å². The molecule has 11 heteroatoms. The Balaban J connectivity index is 2.04. The fourth-order valence-electron chi connectivity index (χ4n) is 3.52. The average molecular weight is 537 g/mol. The maximum absolute atomic E-state index is 13.2. The standard InChI is InChI=1S/C27H28N4O6S/c1-16(2)15-30-25(32)18-10-13-21(23(14-18)27(34)37-38(3,35)36)20-6-4-5-7-22(20)26(33)31-19-11-8-17(9-12-19)24(28)29/h4-14,16H,15H2,1-3H3,(H3,28,29)(H,30,32)(H,31,33). The summed E-state index contributed by atoms with van der Waals surface area (Å²) in [5.74, 6) is -2.05. The fourth-order valence-corrected chi connectivity index (χ4v) is 3.88. The molecule has 0 atom stereocenters. The number of hydrogen-bond acceptors (Lipinski definition) is 7. The molecule has 0 aliphatic rings. The maximum atomic E-state index is 13.2. The molecule has 0 radical (unpaired) electrons. The molecule has 3 aromatic carbocycles. The molecule has 198 valence electrons. The molecule has 0 heterocycles. The number of carbonyl (C=O) groups is 3. The van der Waals surface area contributed by atoms with Gasteiger partial charge in [0.1, 0.15) is 5.84 Å². The molecule has 0 saturated heterocycles. The van der Waals surface area contributed by atoms with E-state index in [1.165, 1.54) is 18.2 Å². The number of nitrogens with one attached hydrogen (secondary N) is 3. The van der Waals surface area contributed by atoms with Gasteiger partial charge in [-0.2, -0.15) is 8.42 Å². The van der Waals surface area contributed by atoms with Crippen LogP contribution in [0.2, 0.25) is 0 Å². The second kappa shape index (κ2) is 11.7. The van der Waals surface area contributed by atoms with Crippen LogP contribution in [0.3, 0.4) is 0 Å². The van der Waals surface area contributed by atoms with Crippen LogP contribution in [0.5, 0.6) is 0 Å². The van der Waals surface area contributed by atoms with Gasteiger partial charge in [-0.15, -0.1) is 0 Å². The van der Waals surface area contributed by atoms with Gasteiger partial charge < -0.3 is 20.6 Å². The van der Waals surface area contributed by atoms with E-state index < -0.39 is 27.9 Å². The number of amidine groups is 1. The highest BCUT2D eigenvalue weighted by molar-refractivity contribution is 7.86. The van der Waals surface area contributed by atoms with Gasteiger partial charge in [0.25, 0.3) is 11.8 Å². The predicted octanol–water partition coefficient (Wildman–Crippen LogP) is 3.39. The Labute approximate surface area is 220 Å². The molecule has 0 aliphatic carbocycles. The number of hydrogen-bond donors (Lipinski definition) is 4. The van der Waals surface area contributed by atoms with Crippen molar-refractivity contribution in [1.29, 1.82) is 5.41 Å².